The van der Waals surface area contributed by atoms with Gasteiger partial charge in [-0.05, 0) is 26.8 Å². The van der Waals surface area contributed by atoms with Gasteiger partial charge >= 0.3 is 0 Å². The molecule has 3 heteroatoms. The molecule has 96 valence electrons. The third-order valence-corrected chi connectivity index (χ3v) is 2.93. The standard InChI is InChI=1S/C15H20N2O/c1-12(2)17(9-5-8-16)11-15(18)14-7-4-6-13(3)10-14/h4,6-7,10,12H,5,9,11H2,1-3H3. The molecule has 0 aromatic heterocycles. The molecule has 1 aromatic carbocycles. The topological polar surface area (TPSA) is 44.1 Å². The molecule has 0 aliphatic carbocycles. The maximum absolute atomic E-state index is 12.2. The highest BCUT2D eigenvalue weighted by atomic mass is 16.1. The van der Waals surface area contributed by atoms with Crippen LogP contribution in [-0.2, 0) is 0 Å². The normalized spacial score (nSPS) is 10.7. The molecular formula is C15H20N2O. The van der Waals surface area contributed by atoms with Gasteiger partial charge in [-0.3, -0.25) is 9.69 Å². The second-order valence-corrected chi connectivity index (χ2v) is 4.76. The van der Waals surface area contributed by atoms with Crippen molar-refractivity contribution in [2.24, 2.45) is 0 Å². The van der Waals surface area contributed by atoms with E-state index in [4.69, 9.17) is 5.26 Å². The van der Waals surface area contributed by atoms with E-state index in [0.717, 1.165) is 11.1 Å². The highest BCUT2D eigenvalue weighted by molar-refractivity contribution is 5.97. The molecule has 0 aliphatic rings. The van der Waals surface area contributed by atoms with Crippen LogP contribution >= 0.6 is 0 Å². The molecule has 18 heavy (non-hydrogen) atoms. The number of benzene rings is 1. The first-order valence-corrected chi connectivity index (χ1v) is 6.25. The first kappa shape index (κ1) is 14.4. The van der Waals surface area contributed by atoms with Crippen molar-refractivity contribution in [2.75, 3.05) is 13.1 Å². The van der Waals surface area contributed by atoms with Crippen LogP contribution in [0.3, 0.4) is 0 Å². The van der Waals surface area contributed by atoms with Crippen molar-refractivity contribution >= 4 is 5.78 Å². The molecule has 0 N–H and O–H groups in total. The Morgan fingerprint density at radius 1 is 1.44 bits per heavy atom. The van der Waals surface area contributed by atoms with E-state index in [-0.39, 0.29) is 11.8 Å². The van der Waals surface area contributed by atoms with E-state index in [0.29, 0.717) is 19.5 Å². The minimum atomic E-state index is 0.116. The molecule has 0 heterocycles. The fraction of sp³-hybridized carbons (Fsp3) is 0.467. The lowest BCUT2D eigenvalue weighted by Crippen LogP contribution is -2.36. The molecule has 0 saturated carbocycles. The number of nitrogens with zero attached hydrogens (tertiary/aromatic N) is 2. The number of carbonyl (C=O) groups is 1. The molecule has 0 amide bonds. The van der Waals surface area contributed by atoms with E-state index in [1.54, 1.807) is 0 Å². The number of nitriles is 1. The summed E-state index contributed by atoms with van der Waals surface area (Å²) in [4.78, 5) is 14.2. The van der Waals surface area contributed by atoms with Crippen molar-refractivity contribution in [3.05, 3.63) is 35.4 Å². The number of hydrogen-bond donors (Lipinski definition) is 0. The molecule has 0 radical (unpaired) electrons. The predicted octanol–water partition coefficient (Wildman–Crippen LogP) is 2.80. The summed E-state index contributed by atoms with van der Waals surface area (Å²) in [6.07, 6.45) is 0.458. The van der Waals surface area contributed by atoms with Crippen LogP contribution in [0.25, 0.3) is 0 Å². The van der Waals surface area contributed by atoms with Gasteiger partial charge in [0, 0.05) is 24.6 Å². The highest BCUT2D eigenvalue weighted by Crippen LogP contribution is 2.08. The first-order valence-electron chi connectivity index (χ1n) is 6.25. The maximum atomic E-state index is 12.2. The van der Waals surface area contributed by atoms with Crippen LogP contribution in [0.2, 0.25) is 0 Å². The van der Waals surface area contributed by atoms with Crippen LogP contribution in [-0.4, -0.2) is 29.8 Å². The van der Waals surface area contributed by atoms with Gasteiger partial charge in [0.1, 0.15) is 0 Å². The fourth-order valence-electron chi connectivity index (χ4n) is 1.81. The van der Waals surface area contributed by atoms with E-state index in [9.17, 15) is 4.79 Å². The van der Waals surface area contributed by atoms with Crippen molar-refractivity contribution in [1.29, 1.82) is 5.26 Å². The molecular weight excluding hydrogens is 224 g/mol. The third-order valence-electron chi connectivity index (χ3n) is 2.93. The van der Waals surface area contributed by atoms with Gasteiger partial charge < -0.3 is 0 Å². The van der Waals surface area contributed by atoms with Gasteiger partial charge in [-0.25, -0.2) is 0 Å². The average molecular weight is 244 g/mol. The molecule has 1 rings (SSSR count). The Morgan fingerprint density at radius 2 is 2.17 bits per heavy atom. The third kappa shape index (κ3) is 4.31. The SMILES string of the molecule is Cc1cccc(C(=O)CN(CCC#N)C(C)C)c1. The maximum Gasteiger partial charge on any atom is 0.176 e. The van der Waals surface area contributed by atoms with Crippen LogP contribution in [0.5, 0.6) is 0 Å². The molecule has 3 nitrogen and oxygen atoms in total. The van der Waals surface area contributed by atoms with E-state index in [1.165, 1.54) is 0 Å². The number of rotatable bonds is 6. The Balaban J connectivity index is 2.69. The predicted molar refractivity (Wildman–Crippen MR) is 72.4 cm³/mol. The Bertz CT molecular complexity index is 446. The Labute approximate surface area is 109 Å². The van der Waals surface area contributed by atoms with Crippen LogP contribution in [0.15, 0.2) is 24.3 Å². The number of aryl methyl sites for hydroxylation is 1. The molecule has 0 atom stereocenters. The minimum Gasteiger partial charge on any atom is -0.293 e. The zero-order valence-corrected chi connectivity index (χ0v) is 11.3. The summed E-state index contributed by atoms with van der Waals surface area (Å²) in [6.45, 7) is 7.09. The summed E-state index contributed by atoms with van der Waals surface area (Å²) in [6, 6.07) is 10.0. The van der Waals surface area contributed by atoms with Crippen LogP contribution in [0.1, 0.15) is 36.2 Å². The second-order valence-electron chi connectivity index (χ2n) is 4.76. The largest absolute Gasteiger partial charge is 0.293 e. The van der Waals surface area contributed by atoms with Gasteiger partial charge in [0.25, 0.3) is 0 Å². The summed E-state index contributed by atoms with van der Waals surface area (Å²) in [7, 11) is 0. The van der Waals surface area contributed by atoms with E-state index >= 15 is 0 Å². The molecule has 0 fully saturated rings. The fourth-order valence-corrected chi connectivity index (χ4v) is 1.81. The molecule has 1 aromatic rings. The monoisotopic (exact) mass is 244 g/mol. The van der Waals surface area contributed by atoms with Crippen molar-refractivity contribution in [3.8, 4) is 6.07 Å². The summed E-state index contributed by atoms with van der Waals surface area (Å²) < 4.78 is 0. The molecule has 0 saturated heterocycles. The number of carbonyl (C=O) groups excluding carboxylic acids is 1. The smallest absolute Gasteiger partial charge is 0.176 e. The highest BCUT2D eigenvalue weighted by Gasteiger charge is 2.15. The van der Waals surface area contributed by atoms with Crippen LogP contribution < -0.4 is 0 Å². The summed E-state index contributed by atoms with van der Waals surface area (Å²) >= 11 is 0. The average Bonchev–Trinajstić information content (AvgIpc) is 2.33. The van der Waals surface area contributed by atoms with Gasteiger partial charge in [0.05, 0.1) is 12.6 Å². The van der Waals surface area contributed by atoms with Gasteiger partial charge in [-0.2, -0.15) is 5.26 Å². The van der Waals surface area contributed by atoms with E-state index in [2.05, 4.69) is 6.07 Å². The van der Waals surface area contributed by atoms with Gasteiger partial charge in [0.2, 0.25) is 0 Å². The second kappa shape index (κ2) is 6.93. The number of hydrogen-bond acceptors (Lipinski definition) is 3. The van der Waals surface area contributed by atoms with Gasteiger partial charge in [-0.15, -0.1) is 0 Å². The summed E-state index contributed by atoms with van der Waals surface area (Å²) in [5.74, 6) is 0.116. The summed E-state index contributed by atoms with van der Waals surface area (Å²) in [5, 5.41) is 8.62. The van der Waals surface area contributed by atoms with Gasteiger partial charge in [0.15, 0.2) is 5.78 Å². The van der Waals surface area contributed by atoms with Crippen molar-refractivity contribution in [2.45, 2.75) is 33.2 Å². The van der Waals surface area contributed by atoms with Crippen molar-refractivity contribution in [3.63, 3.8) is 0 Å². The van der Waals surface area contributed by atoms with E-state index in [1.807, 2.05) is 49.9 Å². The lowest BCUT2D eigenvalue weighted by molar-refractivity contribution is 0.0908. The molecule has 0 spiro atoms. The number of Topliss-reactive ketones (excluding diaryl/α,β-unsaturated/α-hetero) is 1. The van der Waals surface area contributed by atoms with Crippen molar-refractivity contribution < 1.29 is 4.79 Å². The first-order chi connectivity index (χ1) is 8.54. The zero-order chi connectivity index (χ0) is 13.5. The van der Waals surface area contributed by atoms with Gasteiger partial charge in [-0.1, -0.05) is 23.8 Å². The Morgan fingerprint density at radius 3 is 2.72 bits per heavy atom. The van der Waals surface area contributed by atoms with Crippen molar-refractivity contribution in [1.82, 2.24) is 4.90 Å². The molecule has 0 bridgehead atoms. The Kier molecular flexibility index (Phi) is 5.54. The number of ketones is 1. The Hall–Kier alpha value is -1.66. The minimum absolute atomic E-state index is 0.116. The lowest BCUT2D eigenvalue weighted by atomic mass is 10.1. The summed E-state index contributed by atoms with van der Waals surface area (Å²) in [5.41, 5.74) is 1.84. The van der Waals surface area contributed by atoms with E-state index < -0.39 is 0 Å². The molecule has 0 unspecified atom stereocenters. The van der Waals surface area contributed by atoms with Crippen LogP contribution in [0.4, 0.5) is 0 Å². The quantitative estimate of drug-likeness (QED) is 0.723. The van der Waals surface area contributed by atoms with Crippen LogP contribution in [0, 0.1) is 18.3 Å². The zero-order valence-electron chi connectivity index (χ0n) is 11.3. The lowest BCUT2D eigenvalue weighted by Gasteiger charge is -2.24. The molecule has 0 aliphatic heterocycles.